The van der Waals surface area contributed by atoms with Crippen molar-refractivity contribution in [2.24, 2.45) is 11.8 Å². The second-order valence-electron chi connectivity index (χ2n) is 18.4. The molecule has 14 nitrogen and oxygen atoms in total. The maximum Gasteiger partial charge on any atom is 0.264 e. The van der Waals surface area contributed by atoms with Crippen LogP contribution < -0.4 is 29.7 Å². The average Bonchev–Trinajstić information content (AvgIpc) is 4.06. The van der Waals surface area contributed by atoms with Gasteiger partial charge in [-0.25, -0.2) is 0 Å². The highest BCUT2D eigenvalue weighted by Gasteiger charge is 2.66. The number of ether oxygens (including phenoxy) is 4. The van der Waals surface area contributed by atoms with Gasteiger partial charge in [-0.1, -0.05) is 80.6 Å². The van der Waals surface area contributed by atoms with Gasteiger partial charge < -0.3 is 39.6 Å². The molecule has 3 N–H and O–H groups in total. The Balaban J connectivity index is 1.06. The second kappa shape index (κ2) is 19.7. The third-order valence-electron chi connectivity index (χ3n) is 13.9. The smallest absolute Gasteiger partial charge is 0.264 e. The zero-order chi connectivity index (χ0) is 49.2. The molecule has 9 rings (SSSR count). The van der Waals surface area contributed by atoms with Gasteiger partial charge >= 0.3 is 0 Å². The summed E-state index contributed by atoms with van der Waals surface area (Å²) in [7, 11) is 4.78. The standard InChI is InChI=1S/C56H56N6O8/c1-35-50(55(2,3)40-18-27-45(69-6)28-19-40)49(30-31-61-34-47(59-60-61)51(63)37-10-8-7-9-11-37)70-56(35)46-32-42(58-53(65)39-16-25-44(68-5)26-17-39)22-29-48(46)62(54(56)66)33-36-12-20-41(21-13-36)57-52(64)38-14-23-43(67-4)24-15-38/h7-29,32,34-35,49-51,63H,30-31,33H2,1-6H3,(H,57,64)(H,58,65)/t35-,49+,50-,51+,56+/m0/s1. The van der Waals surface area contributed by atoms with E-state index >= 15 is 4.79 Å². The lowest BCUT2D eigenvalue weighted by atomic mass is 9.63. The number of amides is 3. The molecule has 1 spiro atoms. The van der Waals surface area contributed by atoms with E-state index in [1.54, 1.807) is 91.7 Å². The average molecular weight is 941 g/mol. The lowest BCUT2D eigenvalue weighted by molar-refractivity contribution is -0.146. The zero-order valence-corrected chi connectivity index (χ0v) is 40.0. The fourth-order valence-corrected chi connectivity index (χ4v) is 10.2. The molecule has 2 aliphatic rings. The summed E-state index contributed by atoms with van der Waals surface area (Å²) >= 11 is 0. The van der Waals surface area contributed by atoms with Crippen LogP contribution in [0.5, 0.6) is 17.2 Å². The Morgan fingerprint density at radius 3 is 1.90 bits per heavy atom. The van der Waals surface area contributed by atoms with E-state index in [-0.39, 0.29) is 30.2 Å². The first-order valence-corrected chi connectivity index (χ1v) is 23.2. The predicted octanol–water partition coefficient (Wildman–Crippen LogP) is 9.35. The molecule has 0 unspecified atom stereocenters. The third-order valence-corrected chi connectivity index (χ3v) is 13.9. The number of carbonyl (C=O) groups excluding carboxylic acids is 3. The monoisotopic (exact) mass is 940 g/mol. The van der Waals surface area contributed by atoms with Crippen molar-refractivity contribution in [3.05, 3.63) is 191 Å². The van der Waals surface area contributed by atoms with Gasteiger partial charge in [-0.15, -0.1) is 5.10 Å². The number of fused-ring (bicyclic) bond motifs is 2. The molecule has 1 fully saturated rings. The number of aromatic nitrogens is 3. The van der Waals surface area contributed by atoms with Gasteiger partial charge in [0.2, 0.25) is 0 Å². The van der Waals surface area contributed by atoms with Crippen molar-refractivity contribution < 1.29 is 38.4 Å². The van der Waals surface area contributed by atoms with Gasteiger partial charge in [0.25, 0.3) is 17.7 Å². The molecular formula is C56H56N6O8. The Labute approximate surface area is 407 Å². The summed E-state index contributed by atoms with van der Waals surface area (Å²) in [5.74, 6) is 0.568. The quantitative estimate of drug-likeness (QED) is 0.0850. The summed E-state index contributed by atoms with van der Waals surface area (Å²) in [6.45, 7) is 7.06. The van der Waals surface area contributed by atoms with E-state index in [4.69, 9.17) is 18.9 Å². The van der Waals surface area contributed by atoms with Gasteiger partial charge in [0, 0.05) is 46.4 Å². The number of anilines is 3. The van der Waals surface area contributed by atoms with E-state index in [1.807, 2.05) is 78.9 Å². The van der Waals surface area contributed by atoms with Crippen LogP contribution in [0.3, 0.4) is 0 Å². The Hall–Kier alpha value is -7.81. The van der Waals surface area contributed by atoms with Crippen molar-refractivity contribution in [1.82, 2.24) is 15.0 Å². The molecule has 7 aromatic rings. The Bertz CT molecular complexity index is 2980. The fourth-order valence-electron chi connectivity index (χ4n) is 10.2. The number of methoxy groups -OCH3 is 3. The van der Waals surface area contributed by atoms with Crippen molar-refractivity contribution in [2.45, 2.75) is 63.5 Å². The van der Waals surface area contributed by atoms with Crippen molar-refractivity contribution >= 4 is 34.8 Å². The molecule has 0 aliphatic carbocycles. The number of nitrogens with one attached hydrogen (secondary N) is 2. The van der Waals surface area contributed by atoms with Crippen LogP contribution in [0.1, 0.15) is 82.0 Å². The summed E-state index contributed by atoms with van der Waals surface area (Å²) in [6.07, 6.45) is 0.776. The summed E-state index contributed by atoms with van der Waals surface area (Å²) in [4.78, 5) is 44.3. The van der Waals surface area contributed by atoms with Crippen molar-refractivity contribution in [3.8, 4) is 17.2 Å². The summed E-state index contributed by atoms with van der Waals surface area (Å²) in [5.41, 5.74) is 4.32. The molecule has 70 heavy (non-hydrogen) atoms. The molecule has 358 valence electrons. The van der Waals surface area contributed by atoms with E-state index < -0.39 is 29.1 Å². The minimum absolute atomic E-state index is 0.205. The number of carbonyl (C=O) groups is 3. The van der Waals surface area contributed by atoms with Crippen molar-refractivity contribution in [3.63, 3.8) is 0 Å². The number of hydrogen-bond acceptors (Lipinski definition) is 10. The largest absolute Gasteiger partial charge is 0.497 e. The summed E-state index contributed by atoms with van der Waals surface area (Å²) in [6, 6.07) is 44.0. The maximum absolute atomic E-state index is 15.7. The molecule has 6 aromatic carbocycles. The van der Waals surface area contributed by atoms with Crippen molar-refractivity contribution in [1.29, 1.82) is 0 Å². The van der Waals surface area contributed by atoms with E-state index in [9.17, 15) is 14.7 Å². The van der Waals surface area contributed by atoms with Crippen LogP contribution in [0.25, 0.3) is 0 Å². The number of nitrogens with zero attached hydrogens (tertiary/aromatic N) is 4. The molecular weight excluding hydrogens is 885 g/mol. The molecule has 14 heteroatoms. The Kier molecular flexibility index (Phi) is 13.3. The topological polar surface area (TPSA) is 166 Å². The molecule has 2 aliphatic heterocycles. The molecule has 1 aromatic heterocycles. The second-order valence-corrected chi connectivity index (χ2v) is 18.4. The minimum atomic E-state index is -1.47. The van der Waals surface area contributed by atoms with Crippen LogP contribution in [0.2, 0.25) is 0 Å². The fraction of sp³-hybridized carbons (Fsp3) is 0.268. The first-order chi connectivity index (χ1) is 33.8. The molecule has 3 heterocycles. The molecule has 3 amide bonds. The number of aryl methyl sites for hydroxylation is 1. The van der Waals surface area contributed by atoms with Crippen LogP contribution in [-0.2, 0) is 33.6 Å². The molecule has 5 atom stereocenters. The number of rotatable bonds is 16. The number of aliphatic hydroxyl groups excluding tert-OH is 1. The van der Waals surface area contributed by atoms with Gasteiger partial charge in [-0.3, -0.25) is 19.1 Å². The van der Waals surface area contributed by atoms with E-state index in [1.165, 1.54) is 0 Å². The zero-order valence-electron chi connectivity index (χ0n) is 40.0. The van der Waals surface area contributed by atoms with Gasteiger partial charge in [0.05, 0.1) is 45.9 Å². The van der Waals surface area contributed by atoms with Crippen LogP contribution in [0, 0.1) is 11.8 Å². The first kappa shape index (κ1) is 47.3. The number of benzene rings is 6. The minimum Gasteiger partial charge on any atom is -0.497 e. The van der Waals surface area contributed by atoms with E-state index in [2.05, 4.69) is 53.8 Å². The molecule has 0 saturated carbocycles. The van der Waals surface area contributed by atoms with Crippen LogP contribution >= 0.6 is 0 Å². The number of hydrogen-bond donors (Lipinski definition) is 3. The molecule has 1 saturated heterocycles. The lowest BCUT2D eigenvalue weighted by Crippen LogP contribution is -2.45. The predicted molar refractivity (Wildman–Crippen MR) is 266 cm³/mol. The van der Waals surface area contributed by atoms with Crippen molar-refractivity contribution in [2.75, 3.05) is 36.9 Å². The van der Waals surface area contributed by atoms with Gasteiger partial charge in [0.1, 0.15) is 29.0 Å². The number of aliphatic hydroxyl groups is 1. The normalized spacial score (nSPS) is 18.9. The van der Waals surface area contributed by atoms with E-state index in [0.29, 0.717) is 69.5 Å². The van der Waals surface area contributed by atoms with Crippen LogP contribution in [0.15, 0.2) is 152 Å². The lowest BCUT2D eigenvalue weighted by Gasteiger charge is -2.38. The molecule has 0 radical (unpaired) electrons. The summed E-state index contributed by atoms with van der Waals surface area (Å²) in [5, 5.41) is 25.9. The third kappa shape index (κ3) is 9.10. The van der Waals surface area contributed by atoms with Crippen LogP contribution in [-0.4, -0.2) is 65.3 Å². The Morgan fingerprint density at radius 1 is 0.757 bits per heavy atom. The first-order valence-electron chi connectivity index (χ1n) is 23.2. The van der Waals surface area contributed by atoms with Gasteiger partial charge in [0.15, 0.2) is 5.60 Å². The summed E-state index contributed by atoms with van der Waals surface area (Å²) < 4.78 is 25.2. The SMILES string of the molecule is COc1ccc(C(=O)Nc2ccc(CN3C(=O)[C@]4(O[C@H](CCn5cc([C@H](O)c6ccccc6)nn5)[C@@H](C(C)(C)c5ccc(OC)cc5)[C@@H]4C)c4cc(NC(=O)c5ccc(OC)cc5)ccc43)cc2)cc1. The van der Waals surface area contributed by atoms with Crippen LogP contribution in [0.4, 0.5) is 17.1 Å². The Morgan fingerprint density at radius 2 is 1.31 bits per heavy atom. The highest BCUT2D eigenvalue weighted by Crippen LogP contribution is 2.60. The molecule has 0 bridgehead atoms. The van der Waals surface area contributed by atoms with Gasteiger partial charge in [-0.2, -0.15) is 0 Å². The maximum atomic E-state index is 15.7. The van der Waals surface area contributed by atoms with E-state index in [0.717, 1.165) is 16.9 Å². The van der Waals surface area contributed by atoms with Gasteiger partial charge in [-0.05, 0) is 120 Å². The highest BCUT2D eigenvalue weighted by molar-refractivity contribution is 6.09. The highest BCUT2D eigenvalue weighted by atomic mass is 16.5.